The molecule has 0 aromatic heterocycles. The summed E-state index contributed by atoms with van der Waals surface area (Å²) in [6, 6.07) is 10.1. The summed E-state index contributed by atoms with van der Waals surface area (Å²) in [6.07, 6.45) is 9.76. The number of piperazine rings is 1. The molecule has 3 fully saturated rings. The average molecular weight is 448 g/mol. The van der Waals surface area contributed by atoms with E-state index in [2.05, 4.69) is 41.4 Å². The van der Waals surface area contributed by atoms with Crippen LogP contribution in [0.1, 0.15) is 70.3 Å². The van der Waals surface area contributed by atoms with Crippen LogP contribution in [0.5, 0.6) is 0 Å². The zero-order chi connectivity index (χ0) is 21.0. The molecule has 4 rings (SSSR count). The van der Waals surface area contributed by atoms with Gasteiger partial charge in [-0.3, -0.25) is 14.5 Å². The topological polar surface area (TPSA) is 52.7 Å². The van der Waals surface area contributed by atoms with Gasteiger partial charge in [-0.25, -0.2) is 0 Å². The smallest absolute Gasteiger partial charge is 0.248 e. The van der Waals surface area contributed by atoms with Crippen molar-refractivity contribution in [3.63, 3.8) is 0 Å². The van der Waals surface area contributed by atoms with E-state index < -0.39 is 5.54 Å². The Kier molecular flexibility index (Phi) is 8.40. The third-order valence-electron chi connectivity index (χ3n) is 7.41. The molecule has 2 atom stereocenters. The Morgan fingerprint density at radius 1 is 1.10 bits per heavy atom. The van der Waals surface area contributed by atoms with Gasteiger partial charge in [-0.15, -0.1) is 12.4 Å². The summed E-state index contributed by atoms with van der Waals surface area (Å²) in [7, 11) is 0. The Hall–Kier alpha value is -1.59. The maximum absolute atomic E-state index is 13.6. The van der Waals surface area contributed by atoms with Crippen LogP contribution in [0, 0.1) is 5.92 Å². The van der Waals surface area contributed by atoms with Crippen LogP contribution in [0.2, 0.25) is 0 Å². The van der Waals surface area contributed by atoms with E-state index in [1.807, 2.05) is 11.0 Å². The number of nitrogens with one attached hydrogen (secondary N) is 1. The fourth-order valence-electron chi connectivity index (χ4n) is 5.69. The molecule has 1 aliphatic carbocycles. The van der Waals surface area contributed by atoms with E-state index in [0.717, 1.165) is 38.8 Å². The van der Waals surface area contributed by atoms with E-state index in [1.54, 1.807) is 0 Å². The van der Waals surface area contributed by atoms with Crippen molar-refractivity contribution in [1.29, 1.82) is 0 Å². The normalized spacial score (nSPS) is 27.4. The Morgan fingerprint density at radius 2 is 1.84 bits per heavy atom. The molecule has 3 aliphatic rings. The molecule has 1 spiro atoms. The second kappa shape index (κ2) is 10.8. The molecule has 2 heterocycles. The van der Waals surface area contributed by atoms with Crippen LogP contribution in [-0.2, 0) is 16.1 Å². The number of carbonyl (C=O) groups excluding carboxylic acids is 2. The molecule has 31 heavy (non-hydrogen) atoms. The number of nitrogens with zero attached hydrogens (tertiary/aromatic N) is 2. The van der Waals surface area contributed by atoms with E-state index in [0.29, 0.717) is 19.0 Å². The first-order chi connectivity index (χ1) is 14.6. The molecular formula is C25H38ClN3O2. The third kappa shape index (κ3) is 5.25. The van der Waals surface area contributed by atoms with Crippen LogP contribution in [0.15, 0.2) is 30.3 Å². The number of benzene rings is 1. The molecule has 1 unspecified atom stereocenters. The zero-order valence-electron chi connectivity index (χ0n) is 18.9. The number of carbonyl (C=O) groups is 2. The standard InChI is InChI=1S/C25H37N3O2.ClH/c1-2-3-15-28-23(29)22(17-20-10-6-4-7-11-20)26-24(30)25(28)14-16-27(19-25)18-21-12-8-5-9-13-21;/h5,8-9,12-13,20,22H,2-4,6-7,10-11,14-19H2,1H3,(H,26,30);1H/t22-,25?;/m0./s1. The zero-order valence-corrected chi connectivity index (χ0v) is 19.7. The van der Waals surface area contributed by atoms with E-state index in [1.165, 1.54) is 37.7 Å². The van der Waals surface area contributed by atoms with Crippen LogP contribution in [-0.4, -0.2) is 52.8 Å². The highest BCUT2D eigenvalue weighted by Gasteiger charge is 2.55. The lowest BCUT2D eigenvalue weighted by Crippen LogP contribution is -2.71. The monoisotopic (exact) mass is 447 g/mol. The van der Waals surface area contributed by atoms with Crippen LogP contribution >= 0.6 is 12.4 Å². The first kappa shape index (κ1) is 24.1. The number of halogens is 1. The lowest BCUT2D eigenvalue weighted by molar-refractivity contribution is -0.157. The third-order valence-corrected chi connectivity index (χ3v) is 7.41. The average Bonchev–Trinajstić information content (AvgIpc) is 3.18. The molecule has 1 aromatic rings. The minimum absolute atomic E-state index is 0. The van der Waals surface area contributed by atoms with E-state index in [-0.39, 0.29) is 30.3 Å². The van der Waals surface area contributed by atoms with Gasteiger partial charge in [0, 0.05) is 26.2 Å². The van der Waals surface area contributed by atoms with Crippen molar-refractivity contribution >= 4 is 24.2 Å². The highest BCUT2D eigenvalue weighted by Crippen LogP contribution is 2.35. The van der Waals surface area contributed by atoms with E-state index in [9.17, 15) is 9.59 Å². The molecule has 1 saturated carbocycles. The highest BCUT2D eigenvalue weighted by molar-refractivity contribution is 6.00. The van der Waals surface area contributed by atoms with Crippen molar-refractivity contribution < 1.29 is 9.59 Å². The Bertz CT molecular complexity index is 738. The van der Waals surface area contributed by atoms with Gasteiger partial charge in [-0.1, -0.05) is 75.8 Å². The lowest BCUT2D eigenvalue weighted by atomic mass is 9.82. The molecule has 2 amide bonds. The Balaban J connectivity index is 0.00000272. The van der Waals surface area contributed by atoms with Gasteiger partial charge in [-0.2, -0.15) is 0 Å². The molecule has 2 aliphatic heterocycles. The van der Waals surface area contributed by atoms with Crippen LogP contribution < -0.4 is 5.32 Å². The van der Waals surface area contributed by atoms with Gasteiger partial charge in [0.2, 0.25) is 11.8 Å². The van der Waals surface area contributed by atoms with Crippen molar-refractivity contribution in [2.75, 3.05) is 19.6 Å². The SMILES string of the molecule is CCCCN1C(=O)[C@H](CC2CCCCC2)NC(=O)C12CCN(Cc1ccccc1)C2.Cl. The predicted octanol–water partition coefficient (Wildman–Crippen LogP) is 4.15. The van der Waals surface area contributed by atoms with Crippen molar-refractivity contribution in [1.82, 2.24) is 15.1 Å². The molecule has 5 nitrogen and oxygen atoms in total. The number of rotatable bonds is 7. The summed E-state index contributed by atoms with van der Waals surface area (Å²) < 4.78 is 0. The van der Waals surface area contributed by atoms with Gasteiger partial charge >= 0.3 is 0 Å². The molecule has 1 N–H and O–H groups in total. The van der Waals surface area contributed by atoms with E-state index in [4.69, 9.17) is 0 Å². The molecular weight excluding hydrogens is 410 g/mol. The van der Waals surface area contributed by atoms with Gasteiger partial charge in [0.05, 0.1) is 0 Å². The lowest BCUT2D eigenvalue weighted by Gasteiger charge is -2.47. The Labute approximate surface area is 193 Å². The fourth-order valence-corrected chi connectivity index (χ4v) is 5.69. The fraction of sp³-hybridized carbons (Fsp3) is 0.680. The van der Waals surface area contributed by atoms with Gasteiger partial charge < -0.3 is 10.2 Å². The number of hydrogen-bond donors (Lipinski definition) is 1. The minimum atomic E-state index is -0.690. The minimum Gasteiger partial charge on any atom is -0.342 e. The summed E-state index contributed by atoms with van der Waals surface area (Å²) in [5, 5.41) is 3.18. The summed E-state index contributed by atoms with van der Waals surface area (Å²) >= 11 is 0. The number of hydrogen-bond acceptors (Lipinski definition) is 3. The molecule has 1 aromatic carbocycles. The summed E-state index contributed by atoms with van der Waals surface area (Å²) in [5.41, 5.74) is 0.566. The van der Waals surface area contributed by atoms with Gasteiger partial charge in [0.25, 0.3) is 0 Å². The molecule has 0 radical (unpaired) electrons. The number of amides is 2. The first-order valence-electron chi connectivity index (χ1n) is 12.0. The van der Waals surface area contributed by atoms with Crippen LogP contribution in [0.3, 0.4) is 0 Å². The van der Waals surface area contributed by atoms with Crippen molar-refractivity contribution in [3.8, 4) is 0 Å². The largest absolute Gasteiger partial charge is 0.342 e. The summed E-state index contributed by atoms with van der Waals surface area (Å²) in [6.45, 7) is 5.17. The second-order valence-corrected chi connectivity index (χ2v) is 9.59. The van der Waals surface area contributed by atoms with Gasteiger partial charge in [0.1, 0.15) is 11.6 Å². The van der Waals surface area contributed by atoms with Gasteiger partial charge in [-0.05, 0) is 30.7 Å². The maximum atomic E-state index is 13.6. The highest BCUT2D eigenvalue weighted by atomic mass is 35.5. The molecule has 6 heteroatoms. The summed E-state index contributed by atoms with van der Waals surface area (Å²) in [4.78, 5) is 31.3. The molecule has 2 saturated heterocycles. The number of likely N-dealkylation sites (tertiary alicyclic amines) is 1. The van der Waals surface area contributed by atoms with E-state index >= 15 is 0 Å². The Morgan fingerprint density at radius 3 is 2.55 bits per heavy atom. The number of unbranched alkanes of at least 4 members (excludes halogenated alkanes) is 1. The van der Waals surface area contributed by atoms with Crippen molar-refractivity contribution in [2.24, 2.45) is 5.92 Å². The molecule has 0 bridgehead atoms. The first-order valence-corrected chi connectivity index (χ1v) is 12.0. The predicted molar refractivity (Wildman–Crippen MR) is 126 cm³/mol. The quantitative estimate of drug-likeness (QED) is 0.683. The van der Waals surface area contributed by atoms with Gasteiger partial charge in [0.15, 0.2) is 0 Å². The van der Waals surface area contributed by atoms with Crippen LogP contribution in [0.25, 0.3) is 0 Å². The second-order valence-electron chi connectivity index (χ2n) is 9.59. The maximum Gasteiger partial charge on any atom is 0.248 e. The van der Waals surface area contributed by atoms with Crippen LogP contribution in [0.4, 0.5) is 0 Å². The van der Waals surface area contributed by atoms with Crippen molar-refractivity contribution in [3.05, 3.63) is 35.9 Å². The molecule has 172 valence electrons. The van der Waals surface area contributed by atoms with Crippen molar-refractivity contribution in [2.45, 2.75) is 82.8 Å². The summed E-state index contributed by atoms with van der Waals surface area (Å²) in [5.74, 6) is 0.818.